The average molecular weight is 307 g/mol. The van der Waals surface area contributed by atoms with Crippen LogP contribution in [0.4, 0.5) is 0 Å². The van der Waals surface area contributed by atoms with Gasteiger partial charge in [0.2, 0.25) is 0 Å². The molecular weight excluding hydrogens is 282 g/mol. The first-order valence-corrected chi connectivity index (χ1v) is 9.12. The average Bonchev–Trinajstić information content (AvgIpc) is 3.07. The van der Waals surface area contributed by atoms with E-state index in [0.717, 1.165) is 13.0 Å². The van der Waals surface area contributed by atoms with Crippen LogP contribution >= 0.6 is 11.3 Å². The second kappa shape index (κ2) is 6.49. The third kappa shape index (κ3) is 2.88. The first-order chi connectivity index (χ1) is 10.2. The molecule has 2 fully saturated rings. The fourth-order valence-electron chi connectivity index (χ4n) is 4.33. The molecule has 0 aliphatic carbocycles. The van der Waals surface area contributed by atoms with Crippen molar-refractivity contribution in [3.63, 3.8) is 0 Å². The zero-order valence-corrected chi connectivity index (χ0v) is 13.5. The number of carbonyl (C=O) groups is 1. The molecule has 3 rings (SSSR count). The molecule has 0 aromatic carbocycles. The van der Waals surface area contributed by atoms with Crippen LogP contribution in [0.5, 0.6) is 0 Å². The minimum Gasteiger partial charge on any atom is -0.481 e. The van der Waals surface area contributed by atoms with Crippen molar-refractivity contribution in [2.24, 2.45) is 5.92 Å². The Bertz CT molecular complexity index is 473. The monoisotopic (exact) mass is 307 g/mol. The first kappa shape index (κ1) is 15.0. The maximum absolute atomic E-state index is 11.7. The molecule has 4 heteroatoms. The highest BCUT2D eigenvalue weighted by molar-refractivity contribution is 7.10. The summed E-state index contributed by atoms with van der Waals surface area (Å²) >= 11 is 1.73. The molecule has 2 saturated heterocycles. The highest BCUT2D eigenvalue weighted by Gasteiger charge is 2.50. The molecule has 0 amide bonds. The number of hydrogen-bond acceptors (Lipinski definition) is 3. The minimum atomic E-state index is -0.599. The molecule has 0 spiro atoms. The number of rotatable bonds is 6. The zero-order chi connectivity index (χ0) is 14.8. The Morgan fingerprint density at radius 2 is 2.29 bits per heavy atom. The largest absolute Gasteiger partial charge is 0.481 e. The van der Waals surface area contributed by atoms with Crippen molar-refractivity contribution < 1.29 is 9.90 Å². The van der Waals surface area contributed by atoms with Gasteiger partial charge in [0.15, 0.2) is 0 Å². The summed E-state index contributed by atoms with van der Waals surface area (Å²) in [5.74, 6) is -0.593. The normalized spacial score (nSPS) is 32.4. The van der Waals surface area contributed by atoms with Crippen LogP contribution in [0.3, 0.4) is 0 Å². The van der Waals surface area contributed by atoms with Crippen LogP contribution in [0.1, 0.15) is 56.2 Å². The third-order valence-corrected chi connectivity index (χ3v) is 6.25. The van der Waals surface area contributed by atoms with E-state index in [-0.39, 0.29) is 11.8 Å². The van der Waals surface area contributed by atoms with E-state index < -0.39 is 5.97 Å². The molecule has 21 heavy (non-hydrogen) atoms. The van der Waals surface area contributed by atoms with Crippen molar-refractivity contribution in [2.45, 2.75) is 63.5 Å². The van der Waals surface area contributed by atoms with E-state index in [9.17, 15) is 9.90 Å². The SMILES string of the molecule is CCCCCN1C2CCC1C(c1cccs1)C(C(=O)O)C2. The first-order valence-electron chi connectivity index (χ1n) is 8.24. The summed E-state index contributed by atoms with van der Waals surface area (Å²) in [5.41, 5.74) is 0. The molecule has 1 aromatic heterocycles. The van der Waals surface area contributed by atoms with Gasteiger partial charge in [0.05, 0.1) is 5.92 Å². The van der Waals surface area contributed by atoms with E-state index in [4.69, 9.17) is 0 Å². The van der Waals surface area contributed by atoms with Gasteiger partial charge >= 0.3 is 5.97 Å². The van der Waals surface area contributed by atoms with Crippen molar-refractivity contribution in [1.82, 2.24) is 4.90 Å². The summed E-state index contributed by atoms with van der Waals surface area (Å²) in [6, 6.07) is 5.14. The Hall–Kier alpha value is -0.870. The van der Waals surface area contributed by atoms with E-state index >= 15 is 0 Å². The van der Waals surface area contributed by atoms with Gasteiger partial charge in [0, 0.05) is 22.9 Å². The van der Waals surface area contributed by atoms with Crippen molar-refractivity contribution in [2.75, 3.05) is 6.54 Å². The molecule has 2 bridgehead atoms. The number of fused-ring (bicyclic) bond motifs is 2. The highest BCUT2D eigenvalue weighted by Crippen LogP contribution is 2.48. The number of aliphatic carboxylic acids is 1. The summed E-state index contributed by atoms with van der Waals surface area (Å²) < 4.78 is 0. The van der Waals surface area contributed by atoms with Crippen LogP contribution in [0.2, 0.25) is 0 Å². The summed E-state index contributed by atoms with van der Waals surface area (Å²) in [4.78, 5) is 15.6. The summed E-state index contributed by atoms with van der Waals surface area (Å²) in [5, 5.41) is 11.7. The van der Waals surface area contributed by atoms with E-state index in [1.165, 1.54) is 37.0 Å². The van der Waals surface area contributed by atoms with Gasteiger partial charge in [0.1, 0.15) is 0 Å². The number of hydrogen-bond donors (Lipinski definition) is 1. The number of carboxylic acids is 1. The number of carboxylic acid groups (broad SMARTS) is 1. The maximum Gasteiger partial charge on any atom is 0.307 e. The zero-order valence-electron chi connectivity index (χ0n) is 12.7. The van der Waals surface area contributed by atoms with E-state index in [1.54, 1.807) is 11.3 Å². The Morgan fingerprint density at radius 3 is 2.95 bits per heavy atom. The molecule has 2 aliphatic heterocycles. The second-order valence-corrected chi connectivity index (χ2v) is 7.44. The molecule has 3 nitrogen and oxygen atoms in total. The molecule has 4 atom stereocenters. The number of thiophene rings is 1. The maximum atomic E-state index is 11.7. The lowest BCUT2D eigenvalue weighted by atomic mass is 9.79. The fourth-order valence-corrected chi connectivity index (χ4v) is 5.28. The van der Waals surface area contributed by atoms with Gasteiger partial charge in [-0.05, 0) is 43.7 Å². The number of piperidine rings is 1. The lowest BCUT2D eigenvalue weighted by Crippen LogP contribution is -2.49. The molecule has 1 aromatic rings. The topological polar surface area (TPSA) is 40.5 Å². The van der Waals surface area contributed by atoms with Crippen LogP contribution in [-0.2, 0) is 4.79 Å². The lowest BCUT2D eigenvalue weighted by molar-refractivity contribution is -0.145. The minimum absolute atomic E-state index is 0.191. The Kier molecular flexibility index (Phi) is 4.65. The van der Waals surface area contributed by atoms with Gasteiger partial charge in [-0.2, -0.15) is 0 Å². The van der Waals surface area contributed by atoms with Crippen molar-refractivity contribution in [3.8, 4) is 0 Å². The van der Waals surface area contributed by atoms with Gasteiger partial charge in [-0.1, -0.05) is 25.8 Å². The van der Waals surface area contributed by atoms with Gasteiger partial charge in [-0.3, -0.25) is 9.69 Å². The Morgan fingerprint density at radius 1 is 1.43 bits per heavy atom. The lowest BCUT2D eigenvalue weighted by Gasteiger charge is -2.43. The standard InChI is InChI=1S/C17H25NO2S/c1-2-3-4-9-18-12-7-8-14(18)16(13(11-12)17(19)20)15-6-5-10-21-15/h5-6,10,12-14,16H,2-4,7-9,11H2,1H3,(H,19,20). The Labute approximate surface area is 131 Å². The second-order valence-electron chi connectivity index (χ2n) is 6.47. The summed E-state index contributed by atoms with van der Waals surface area (Å²) in [7, 11) is 0. The van der Waals surface area contributed by atoms with Gasteiger partial charge in [-0.15, -0.1) is 11.3 Å². The van der Waals surface area contributed by atoms with Crippen molar-refractivity contribution in [1.29, 1.82) is 0 Å². The van der Waals surface area contributed by atoms with Gasteiger partial charge in [0.25, 0.3) is 0 Å². The van der Waals surface area contributed by atoms with E-state index in [0.29, 0.717) is 12.1 Å². The van der Waals surface area contributed by atoms with Crippen LogP contribution in [0.15, 0.2) is 17.5 Å². The fraction of sp³-hybridized carbons (Fsp3) is 0.706. The van der Waals surface area contributed by atoms with E-state index in [1.807, 2.05) is 0 Å². The van der Waals surface area contributed by atoms with Crippen LogP contribution in [0.25, 0.3) is 0 Å². The predicted molar refractivity (Wildman–Crippen MR) is 85.8 cm³/mol. The molecule has 4 unspecified atom stereocenters. The van der Waals surface area contributed by atoms with Gasteiger partial charge in [-0.25, -0.2) is 0 Å². The van der Waals surface area contributed by atoms with Crippen molar-refractivity contribution >= 4 is 17.3 Å². The Balaban J connectivity index is 1.81. The third-order valence-electron chi connectivity index (χ3n) is 5.27. The molecule has 0 radical (unpaired) electrons. The summed E-state index contributed by atoms with van der Waals surface area (Å²) in [6.45, 7) is 3.39. The van der Waals surface area contributed by atoms with Crippen LogP contribution in [0, 0.1) is 5.92 Å². The van der Waals surface area contributed by atoms with Crippen LogP contribution in [-0.4, -0.2) is 34.6 Å². The van der Waals surface area contributed by atoms with Crippen LogP contribution < -0.4 is 0 Å². The summed E-state index contributed by atoms with van der Waals surface area (Å²) in [6.07, 6.45) is 6.96. The number of nitrogens with zero attached hydrogens (tertiary/aromatic N) is 1. The van der Waals surface area contributed by atoms with Gasteiger partial charge < -0.3 is 5.11 Å². The molecule has 2 aliphatic rings. The molecule has 1 N–H and O–H groups in total. The predicted octanol–water partition coefficient (Wildman–Crippen LogP) is 3.96. The number of unbranched alkanes of at least 4 members (excludes halogenated alkanes) is 2. The quantitative estimate of drug-likeness (QED) is 0.809. The molecule has 3 heterocycles. The molecule has 116 valence electrons. The highest BCUT2D eigenvalue weighted by atomic mass is 32.1. The van der Waals surface area contributed by atoms with Crippen molar-refractivity contribution in [3.05, 3.63) is 22.4 Å². The molecular formula is C17H25NO2S. The van der Waals surface area contributed by atoms with E-state index in [2.05, 4.69) is 29.3 Å². The smallest absolute Gasteiger partial charge is 0.307 e. The molecule has 0 saturated carbocycles.